The highest BCUT2D eigenvalue weighted by atomic mass is 35.5. The molecule has 98 valence electrons. The molecule has 2 rings (SSSR count). The van der Waals surface area contributed by atoms with Gasteiger partial charge in [0.25, 0.3) is 5.91 Å². The van der Waals surface area contributed by atoms with Gasteiger partial charge < -0.3 is 5.32 Å². The molecule has 18 heavy (non-hydrogen) atoms. The lowest BCUT2D eigenvalue weighted by Gasteiger charge is -2.26. The predicted octanol–water partition coefficient (Wildman–Crippen LogP) is 1.91. The minimum Gasteiger partial charge on any atom is -0.373 e. The molecule has 6 heteroatoms. The van der Waals surface area contributed by atoms with Crippen molar-refractivity contribution in [2.75, 3.05) is 25.5 Å². The maximum atomic E-state index is 12.1. The molecular weight excluding hydrogens is 252 g/mol. The van der Waals surface area contributed by atoms with Gasteiger partial charge in [-0.2, -0.15) is 0 Å². The van der Waals surface area contributed by atoms with Crippen molar-refractivity contribution >= 4 is 23.3 Å². The summed E-state index contributed by atoms with van der Waals surface area (Å²) < 4.78 is 0. The van der Waals surface area contributed by atoms with Gasteiger partial charge in [0.05, 0.1) is 0 Å². The Morgan fingerprint density at radius 2 is 2.06 bits per heavy atom. The second-order valence-corrected chi connectivity index (χ2v) is 4.69. The molecule has 0 bridgehead atoms. The van der Waals surface area contributed by atoms with Crippen molar-refractivity contribution in [1.29, 1.82) is 0 Å². The molecule has 1 aromatic heterocycles. The minimum atomic E-state index is -0.141. The van der Waals surface area contributed by atoms with Crippen molar-refractivity contribution in [2.24, 2.45) is 0 Å². The van der Waals surface area contributed by atoms with Gasteiger partial charge in [0.2, 0.25) is 0 Å². The first kappa shape index (κ1) is 13.1. The van der Waals surface area contributed by atoms with Gasteiger partial charge in [-0.15, -0.1) is 0 Å². The normalized spacial score (nSPS) is 16.3. The molecule has 0 atom stereocenters. The molecular formula is C12H17ClN4O. The van der Waals surface area contributed by atoms with Crippen LogP contribution < -0.4 is 10.7 Å². The molecule has 2 heterocycles. The zero-order valence-corrected chi connectivity index (χ0v) is 11.1. The number of nitrogens with one attached hydrogen (secondary N) is 2. The standard InChI is InChI=1S/C12H17ClN4O/c1-14-11-8-9(7-10(13)15-11)12(18)16-17-5-3-2-4-6-17/h7-8H,2-6H2,1H3,(H,14,15)(H,16,18). The lowest BCUT2D eigenvalue weighted by molar-refractivity contribution is 0.0750. The van der Waals surface area contributed by atoms with E-state index in [0.717, 1.165) is 25.9 Å². The third kappa shape index (κ3) is 3.34. The summed E-state index contributed by atoms with van der Waals surface area (Å²) in [5, 5.41) is 5.15. The van der Waals surface area contributed by atoms with E-state index in [1.54, 1.807) is 19.2 Å². The number of anilines is 1. The molecule has 0 saturated carbocycles. The van der Waals surface area contributed by atoms with Crippen molar-refractivity contribution in [1.82, 2.24) is 15.4 Å². The smallest absolute Gasteiger partial charge is 0.265 e. The molecule has 0 aromatic carbocycles. The summed E-state index contributed by atoms with van der Waals surface area (Å²) in [6, 6.07) is 3.26. The quantitative estimate of drug-likeness (QED) is 0.823. The molecule has 0 unspecified atom stereocenters. The van der Waals surface area contributed by atoms with E-state index in [2.05, 4.69) is 15.7 Å². The SMILES string of the molecule is CNc1cc(C(=O)NN2CCCCC2)cc(Cl)n1. The fraction of sp³-hybridized carbons (Fsp3) is 0.500. The Bertz CT molecular complexity index is 432. The van der Waals surface area contributed by atoms with Crippen LogP contribution in [-0.2, 0) is 0 Å². The van der Waals surface area contributed by atoms with E-state index in [-0.39, 0.29) is 5.91 Å². The summed E-state index contributed by atoms with van der Waals surface area (Å²) in [6.45, 7) is 1.81. The van der Waals surface area contributed by atoms with E-state index in [9.17, 15) is 4.79 Å². The minimum absolute atomic E-state index is 0.141. The monoisotopic (exact) mass is 268 g/mol. The van der Waals surface area contributed by atoms with Gasteiger partial charge >= 0.3 is 0 Å². The molecule has 0 spiro atoms. The van der Waals surface area contributed by atoms with Gasteiger partial charge in [0, 0.05) is 25.7 Å². The van der Waals surface area contributed by atoms with Gasteiger partial charge in [-0.1, -0.05) is 18.0 Å². The number of rotatable bonds is 3. The summed E-state index contributed by atoms with van der Waals surface area (Å²) >= 11 is 5.87. The third-order valence-corrected chi connectivity index (χ3v) is 3.12. The van der Waals surface area contributed by atoms with Gasteiger partial charge in [0.15, 0.2) is 0 Å². The van der Waals surface area contributed by atoms with Gasteiger partial charge in [0.1, 0.15) is 11.0 Å². The van der Waals surface area contributed by atoms with Gasteiger partial charge in [-0.3, -0.25) is 10.2 Å². The van der Waals surface area contributed by atoms with Crippen LogP contribution in [0.25, 0.3) is 0 Å². The Morgan fingerprint density at radius 1 is 1.33 bits per heavy atom. The lowest BCUT2D eigenvalue weighted by Crippen LogP contribution is -2.45. The summed E-state index contributed by atoms with van der Waals surface area (Å²) in [7, 11) is 1.74. The Labute approximate surface area is 111 Å². The highest BCUT2D eigenvalue weighted by molar-refractivity contribution is 6.29. The van der Waals surface area contributed by atoms with E-state index < -0.39 is 0 Å². The second kappa shape index (κ2) is 6.02. The van der Waals surface area contributed by atoms with Crippen LogP contribution in [0.4, 0.5) is 5.82 Å². The van der Waals surface area contributed by atoms with Crippen molar-refractivity contribution in [2.45, 2.75) is 19.3 Å². The first-order valence-corrected chi connectivity index (χ1v) is 6.48. The largest absolute Gasteiger partial charge is 0.373 e. The number of aromatic nitrogens is 1. The number of carbonyl (C=O) groups is 1. The number of carbonyl (C=O) groups excluding carboxylic acids is 1. The van der Waals surface area contributed by atoms with Crippen LogP contribution in [0.1, 0.15) is 29.6 Å². The molecule has 0 radical (unpaired) electrons. The van der Waals surface area contributed by atoms with Gasteiger partial charge in [-0.05, 0) is 25.0 Å². The van der Waals surface area contributed by atoms with Crippen LogP contribution in [0.3, 0.4) is 0 Å². The molecule has 0 aliphatic carbocycles. The highest BCUT2D eigenvalue weighted by Gasteiger charge is 2.15. The van der Waals surface area contributed by atoms with E-state index in [1.807, 2.05) is 5.01 Å². The highest BCUT2D eigenvalue weighted by Crippen LogP contribution is 2.14. The van der Waals surface area contributed by atoms with Crippen molar-refractivity contribution in [3.8, 4) is 0 Å². The maximum Gasteiger partial charge on any atom is 0.265 e. The number of piperidine rings is 1. The van der Waals surface area contributed by atoms with Crippen LogP contribution in [-0.4, -0.2) is 36.0 Å². The van der Waals surface area contributed by atoms with E-state index in [0.29, 0.717) is 16.5 Å². The summed E-state index contributed by atoms with van der Waals surface area (Å²) in [6.07, 6.45) is 3.48. The van der Waals surface area contributed by atoms with Crippen LogP contribution in [0.5, 0.6) is 0 Å². The molecule has 1 amide bonds. The molecule has 5 nitrogen and oxygen atoms in total. The second-order valence-electron chi connectivity index (χ2n) is 4.30. The third-order valence-electron chi connectivity index (χ3n) is 2.93. The Balaban J connectivity index is 2.05. The number of hydrazine groups is 1. The lowest BCUT2D eigenvalue weighted by atomic mass is 10.2. The summed E-state index contributed by atoms with van der Waals surface area (Å²) in [4.78, 5) is 16.1. The number of nitrogens with zero attached hydrogens (tertiary/aromatic N) is 2. The molecule has 1 aliphatic rings. The number of pyridine rings is 1. The van der Waals surface area contributed by atoms with Crippen molar-refractivity contribution < 1.29 is 4.79 Å². The number of halogens is 1. The van der Waals surface area contributed by atoms with Crippen LogP contribution in [0, 0.1) is 0 Å². The predicted molar refractivity (Wildman–Crippen MR) is 71.7 cm³/mol. The van der Waals surface area contributed by atoms with Crippen molar-refractivity contribution in [3.05, 3.63) is 22.8 Å². The molecule has 2 N–H and O–H groups in total. The van der Waals surface area contributed by atoms with Crippen LogP contribution >= 0.6 is 11.6 Å². The van der Waals surface area contributed by atoms with Crippen LogP contribution in [0.15, 0.2) is 12.1 Å². The number of amides is 1. The average Bonchev–Trinajstić information content (AvgIpc) is 2.39. The Morgan fingerprint density at radius 3 is 2.72 bits per heavy atom. The Kier molecular flexibility index (Phi) is 4.38. The molecule has 1 saturated heterocycles. The summed E-state index contributed by atoms with van der Waals surface area (Å²) in [5.41, 5.74) is 3.41. The average molecular weight is 269 g/mol. The van der Waals surface area contributed by atoms with Crippen LogP contribution in [0.2, 0.25) is 5.15 Å². The van der Waals surface area contributed by atoms with Gasteiger partial charge in [-0.25, -0.2) is 9.99 Å². The molecule has 1 aromatic rings. The molecule has 1 fully saturated rings. The maximum absolute atomic E-state index is 12.1. The fourth-order valence-electron chi connectivity index (χ4n) is 1.97. The van der Waals surface area contributed by atoms with E-state index in [4.69, 9.17) is 11.6 Å². The zero-order valence-electron chi connectivity index (χ0n) is 10.4. The summed E-state index contributed by atoms with van der Waals surface area (Å²) in [5.74, 6) is 0.448. The number of hydrogen-bond acceptors (Lipinski definition) is 4. The first-order chi connectivity index (χ1) is 8.69. The first-order valence-electron chi connectivity index (χ1n) is 6.10. The van der Waals surface area contributed by atoms with E-state index >= 15 is 0 Å². The molecule has 1 aliphatic heterocycles. The topological polar surface area (TPSA) is 57.3 Å². The Hall–Kier alpha value is -1.33. The number of hydrogen-bond donors (Lipinski definition) is 2. The van der Waals surface area contributed by atoms with Crippen molar-refractivity contribution in [3.63, 3.8) is 0 Å². The van der Waals surface area contributed by atoms with E-state index in [1.165, 1.54) is 6.42 Å². The zero-order chi connectivity index (χ0) is 13.0. The fourth-order valence-corrected chi connectivity index (χ4v) is 2.18.